The van der Waals surface area contributed by atoms with Gasteiger partial charge < -0.3 is 8.85 Å². The Bertz CT molecular complexity index is 361. The maximum Gasteiger partial charge on any atom is 0.316 e. The van der Waals surface area contributed by atoms with Crippen molar-refractivity contribution in [2.24, 2.45) is 0 Å². The lowest BCUT2D eigenvalue weighted by Gasteiger charge is -2.34. The topological polar surface area (TPSA) is 52.6 Å². The molecular weight excluding hydrogens is 312 g/mol. The molecule has 0 aromatic carbocycles. The molecule has 0 rings (SSSR count). The molecule has 0 bridgehead atoms. The highest BCUT2D eigenvalue weighted by atomic mass is 28.4. The molecule has 0 aliphatic rings. The van der Waals surface area contributed by atoms with Gasteiger partial charge in [-0.15, -0.1) is 0 Å². The number of hydrogen-bond donors (Lipinski definition) is 0. The minimum Gasteiger partial charge on any atom is -0.516 e. The number of rotatable bonds is 11. The van der Waals surface area contributed by atoms with Gasteiger partial charge in [-0.3, -0.25) is 0 Å². The van der Waals surface area contributed by atoms with Crippen LogP contribution in [0.15, 0.2) is 25.3 Å². The summed E-state index contributed by atoms with van der Waals surface area (Å²) in [6, 6.07) is 5.18. The predicted octanol–water partition coefficient (Wildman–Crippen LogP) is 4.42. The summed E-state index contributed by atoms with van der Waals surface area (Å²) in [6.07, 6.45) is 2.46. The first kappa shape index (κ1) is 20.9. The normalized spacial score (nSPS) is 11.6. The summed E-state index contributed by atoms with van der Waals surface area (Å²) in [7, 11) is -4.27. The Hall–Kier alpha value is -1.15. The van der Waals surface area contributed by atoms with E-state index < -0.39 is 16.6 Å². The third-order valence-electron chi connectivity index (χ3n) is 4.58. The average molecular weight is 343 g/mol. The summed E-state index contributed by atoms with van der Waals surface area (Å²) in [4.78, 5) is 23.3. The van der Waals surface area contributed by atoms with E-state index in [1.54, 1.807) is 0 Å². The van der Waals surface area contributed by atoms with E-state index in [9.17, 15) is 9.59 Å². The molecule has 4 nitrogen and oxygen atoms in total. The van der Waals surface area contributed by atoms with Crippen molar-refractivity contribution in [3.8, 4) is 0 Å². The van der Waals surface area contributed by atoms with Gasteiger partial charge in [-0.25, -0.2) is 9.59 Å². The number of hydrogen-bond acceptors (Lipinski definition) is 4. The smallest absolute Gasteiger partial charge is 0.316 e. The zero-order valence-electron chi connectivity index (χ0n) is 14.4. The zero-order valence-corrected chi connectivity index (χ0v) is 16.4. The molecule has 126 valence electrons. The summed E-state index contributed by atoms with van der Waals surface area (Å²) in [6.45, 7) is 15.3. The second kappa shape index (κ2) is 9.79. The first-order chi connectivity index (χ1) is 10.4. The molecule has 0 radical (unpaired) electrons. The van der Waals surface area contributed by atoms with Crippen LogP contribution in [0.5, 0.6) is 0 Å². The van der Waals surface area contributed by atoms with Crippen LogP contribution in [-0.4, -0.2) is 28.6 Å². The Labute approximate surface area is 136 Å². The minimum absolute atomic E-state index is 0.335. The Balaban J connectivity index is 5.11. The van der Waals surface area contributed by atoms with Gasteiger partial charge >= 0.3 is 11.9 Å². The van der Waals surface area contributed by atoms with Gasteiger partial charge in [0.05, 0.1) is 0 Å². The van der Waals surface area contributed by atoms with Crippen molar-refractivity contribution in [3.63, 3.8) is 0 Å². The second-order valence-corrected chi connectivity index (χ2v) is 14.5. The monoisotopic (exact) mass is 342 g/mol. The van der Waals surface area contributed by atoms with Crippen LogP contribution in [0.1, 0.15) is 27.7 Å². The van der Waals surface area contributed by atoms with E-state index in [-0.39, 0.29) is 11.9 Å². The molecule has 0 unspecified atom stereocenters. The summed E-state index contributed by atoms with van der Waals surface area (Å²) in [5, 5.41) is 0. The summed E-state index contributed by atoms with van der Waals surface area (Å²) in [5.74, 6) is -0.669. The molecule has 6 heteroatoms. The maximum absolute atomic E-state index is 11.6. The van der Waals surface area contributed by atoms with E-state index in [0.29, 0.717) is 0 Å². The molecule has 0 N–H and O–H groups in total. The molecule has 0 aromatic rings. The SMILES string of the molecule is C=CC(=O)O[Si](CC)(CC)CC[Si](CC)(CC)OC(=O)C=C. The Morgan fingerprint density at radius 2 is 1.05 bits per heavy atom. The van der Waals surface area contributed by atoms with E-state index in [1.165, 1.54) is 12.2 Å². The highest BCUT2D eigenvalue weighted by Gasteiger charge is 2.41. The van der Waals surface area contributed by atoms with Crippen LogP contribution in [0.4, 0.5) is 0 Å². The largest absolute Gasteiger partial charge is 0.516 e. The number of carbonyl (C=O) groups is 2. The van der Waals surface area contributed by atoms with Crippen molar-refractivity contribution in [2.75, 3.05) is 0 Å². The standard InChI is InChI=1S/C16H30O4Si2/c1-7-15(17)19-21(9-3,10-4)13-14-22(11-5,12-6)20-16(18)8-2/h7-8H,1-2,9-14H2,3-6H3. The third kappa shape index (κ3) is 5.92. The van der Waals surface area contributed by atoms with Crippen LogP contribution in [0.2, 0.25) is 36.3 Å². The van der Waals surface area contributed by atoms with Crippen molar-refractivity contribution >= 4 is 28.6 Å². The lowest BCUT2D eigenvalue weighted by Crippen LogP contribution is -2.44. The van der Waals surface area contributed by atoms with Crippen LogP contribution < -0.4 is 0 Å². The van der Waals surface area contributed by atoms with Gasteiger partial charge in [-0.1, -0.05) is 40.9 Å². The van der Waals surface area contributed by atoms with Crippen molar-refractivity contribution in [2.45, 2.75) is 64.0 Å². The molecule has 0 fully saturated rings. The van der Waals surface area contributed by atoms with Crippen molar-refractivity contribution < 1.29 is 18.4 Å². The molecule has 0 atom stereocenters. The van der Waals surface area contributed by atoms with Crippen LogP contribution >= 0.6 is 0 Å². The Morgan fingerprint density at radius 1 is 0.773 bits per heavy atom. The van der Waals surface area contributed by atoms with Gasteiger partial charge in [0.2, 0.25) is 0 Å². The van der Waals surface area contributed by atoms with E-state index in [4.69, 9.17) is 8.85 Å². The molecule has 0 amide bonds. The van der Waals surface area contributed by atoms with Crippen molar-refractivity contribution in [1.29, 1.82) is 0 Å². The fourth-order valence-corrected chi connectivity index (χ4v) is 10.4. The van der Waals surface area contributed by atoms with Gasteiger partial charge in [0.15, 0.2) is 0 Å². The van der Waals surface area contributed by atoms with E-state index in [0.717, 1.165) is 36.3 Å². The minimum atomic E-state index is -2.13. The van der Waals surface area contributed by atoms with Gasteiger partial charge in [-0.2, -0.15) is 0 Å². The maximum atomic E-state index is 11.6. The van der Waals surface area contributed by atoms with E-state index >= 15 is 0 Å². The molecule has 0 saturated heterocycles. The third-order valence-corrected chi connectivity index (χ3v) is 13.8. The van der Waals surface area contributed by atoms with Crippen LogP contribution in [-0.2, 0) is 18.4 Å². The molecule has 0 aliphatic carbocycles. The van der Waals surface area contributed by atoms with Crippen LogP contribution in [0.3, 0.4) is 0 Å². The highest BCUT2D eigenvalue weighted by Crippen LogP contribution is 2.32. The molecule has 0 saturated carbocycles. The first-order valence-electron chi connectivity index (χ1n) is 8.07. The van der Waals surface area contributed by atoms with E-state index in [2.05, 4.69) is 40.9 Å². The highest BCUT2D eigenvalue weighted by molar-refractivity contribution is 6.80. The van der Waals surface area contributed by atoms with Crippen molar-refractivity contribution in [1.82, 2.24) is 0 Å². The van der Waals surface area contributed by atoms with Gasteiger partial charge in [-0.05, 0) is 36.3 Å². The molecule has 0 heterocycles. The quantitative estimate of drug-likeness (QED) is 0.412. The number of carbonyl (C=O) groups excluding carboxylic acids is 2. The van der Waals surface area contributed by atoms with E-state index in [1.807, 2.05) is 0 Å². The van der Waals surface area contributed by atoms with Crippen molar-refractivity contribution in [3.05, 3.63) is 25.3 Å². The fourth-order valence-electron chi connectivity index (χ4n) is 2.56. The molecule has 22 heavy (non-hydrogen) atoms. The summed E-state index contributed by atoms with van der Waals surface area (Å²) >= 11 is 0. The van der Waals surface area contributed by atoms with Crippen LogP contribution in [0.25, 0.3) is 0 Å². The van der Waals surface area contributed by atoms with Gasteiger partial charge in [0.1, 0.15) is 0 Å². The first-order valence-corrected chi connectivity index (χ1v) is 13.1. The summed E-state index contributed by atoms with van der Waals surface area (Å²) < 4.78 is 11.5. The zero-order chi connectivity index (χ0) is 17.2. The Morgan fingerprint density at radius 3 is 1.23 bits per heavy atom. The fraction of sp³-hybridized carbons (Fsp3) is 0.625. The van der Waals surface area contributed by atoms with Crippen LogP contribution in [0, 0.1) is 0 Å². The molecule has 0 spiro atoms. The van der Waals surface area contributed by atoms with Gasteiger partial charge in [0, 0.05) is 12.2 Å². The molecule has 0 aliphatic heterocycles. The molecule has 0 aromatic heterocycles. The molecular formula is C16H30O4Si2. The van der Waals surface area contributed by atoms with Gasteiger partial charge in [0.25, 0.3) is 16.6 Å². The second-order valence-electron chi connectivity index (χ2n) is 5.53. The summed E-state index contributed by atoms with van der Waals surface area (Å²) in [5.41, 5.74) is 0. The Kier molecular flexibility index (Phi) is 9.28. The lowest BCUT2D eigenvalue weighted by atomic mass is 10.7. The predicted molar refractivity (Wildman–Crippen MR) is 95.6 cm³/mol. The lowest BCUT2D eigenvalue weighted by molar-refractivity contribution is -0.131. The average Bonchev–Trinajstić information content (AvgIpc) is 2.56.